The summed E-state index contributed by atoms with van der Waals surface area (Å²) in [5.74, 6) is -0.0816. The van der Waals surface area contributed by atoms with Crippen LogP contribution in [0.3, 0.4) is 0 Å². The summed E-state index contributed by atoms with van der Waals surface area (Å²) in [6.45, 7) is 1.81. The third kappa shape index (κ3) is 2.34. The zero-order chi connectivity index (χ0) is 15.0. The Kier molecular flexibility index (Phi) is 3.31. The molecule has 0 aliphatic rings. The molecule has 0 bridgehead atoms. The van der Waals surface area contributed by atoms with Gasteiger partial charge in [0.25, 0.3) is 0 Å². The van der Waals surface area contributed by atoms with Gasteiger partial charge in [-0.1, -0.05) is 23.7 Å². The maximum Gasteiger partial charge on any atom is 0.189 e. The number of aromatic nitrogens is 4. The second-order valence-corrected chi connectivity index (χ2v) is 4.98. The molecule has 1 aromatic heterocycles. The number of halogens is 2. The molecule has 0 saturated heterocycles. The molecule has 0 aliphatic carbocycles. The van der Waals surface area contributed by atoms with Crippen molar-refractivity contribution in [3.63, 3.8) is 0 Å². The first-order valence-electron chi connectivity index (χ1n) is 6.17. The van der Waals surface area contributed by atoms with Gasteiger partial charge in [-0.2, -0.15) is 4.68 Å². The lowest BCUT2D eigenvalue weighted by molar-refractivity contribution is 0.606. The van der Waals surface area contributed by atoms with Crippen LogP contribution in [0.2, 0.25) is 5.02 Å². The largest absolute Gasteiger partial charge is 0.397 e. The van der Waals surface area contributed by atoms with E-state index in [0.717, 1.165) is 5.56 Å². The Balaban J connectivity index is 2.20. The van der Waals surface area contributed by atoms with Crippen LogP contribution in [0, 0.1) is 12.7 Å². The average molecular weight is 304 g/mol. The Morgan fingerprint density at radius 3 is 2.81 bits per heavy atom. The molecule has 0 unspecified atom stereocenters. The molecule has 2 N–H and O–H groups in total. The molecule has 2 aromatic carbocycles. The van der Waals surface area contributed by atoms with Crippen molar-refractivity contribution in [2.75, 3.05) is 5.73 Å². The highest BCUT2D eigenvalue weighted by Gasteiger charge is 2.17. The van der Waals surface area contributed by atoms with Crippen molar-refractivity contribution in [2.24, 2.45) is 0 Å². The van der Waals surface area contributed by atoms with Gasteiger partial charge in [-0.05, 0) is 47.2 Å². The van der Waals surface area contributed by atoms with Gasteiger partial charge in [0.05, 0.1) is 10.7 Å². The third-order valence-corrected chi connectivity index (χ3v) is 3.42. The zero-order valence-corrected chi connectivity index (χ0v) is 11.8. The van der Waals surface area contributed by atoms with Gasteiger partial charge >= 0.3 is 0 Å². The summed E-state index contributed by atoms with van der Waals surface area (Å²) < 4.78 is 15.4. The Morgan fingerprint density at radius 2 is 2.05 bits per heavy atom. The van der Waals surface area contributed by atoms with E-state index in [-0.39, 0.29) is 5.69 Å². The number of benzene rings is 2. The van der Waals surface area contributed by atoms with E-state index < -0.39 is 5.82 Å². The fourth-order valence-corrected chi connectivity index (χ4v) is 2.21. The Labute approximate surface area is 125 Å². The minimum Gasteiger partial charge on any atom is -0.397 e. The predicted octanol–water partition coefficient (Wildman–Crippen LogP) is 3.01. The number of para-hydroxylation sites is 1. The van der Waals surface area contributed by atoms with Gasteiger partial charge in [-0.3, -0.25) is 0 Å². The normalized spacial score (nSPS) is 10.8. The molecule has 0 spiro atoms. The molecular formula is C14H11ClFN5. The third-order valence-electron chi connectivity index (χ3n) is 3.09. The van der Waals surface area contributed by atoms with Crippen molar-refractivity contribution in [3.05, 3.63) is 52.8 Å². The molecule has 0 amide bonds. The number of rotatable bonds is 2. The monoisotopic (exact) mass is 303 g/mol. The summed E-state index contributed by atoms with van der Waals surface area (Å²) in [7, 11) is 0. The first-order chi connectivity index (χ1) is 10.1. The lowest BCUT2D eigenvalue weighted by Gasteiger charge is -2.09. The number of hydrogen-bond acceptors (Lipinski definition) is 4. The van der Waals surface area contributed by atoms with Gasteiger partial charge in [0.2, 0.25) is 0 Å². The van der Waals surface area contributed by atoms with Crippen LogP contribution in [0.1, 0.15) is 5.56 Å². The molecule has 5 nitrogen and oxygen atoms in total. The molecule has 0 atom stereocenters. The number of nitrogen functional groups attached to an aromatic ring is 1. The van der Waals surface area contributed by atoms with Crippen LogP contribution in [0.25, 0.3) is 17.1 Å². The van der Waals surface area contributed by atoms with Gasteiger partial charge in [0.1, 0.15) is 11.5 Å². The summed E-state index contributed by atoms with van der Waals surface area (Å²) in [6.07, 6.45) is 0. The van der Waals surface area contributed by atoms with Gasteiger partial charge < -0.3 is 5.73 Å². The molecule has 106 valence electrons. The Bertz CT molecular complexity index is 815. The van der Waals surface area contributed by atoms with Crippen LogP contribution >= 0.6 is 11.6 Å². The summed E-state index contributed by atoms with van der Waals surface area (Å²) in [5, 5.41) is 11.8. The van der Waals surface area contributed by atoms with E-state index >= 15 is 0 Å². The van der Waals surface area contributed by atoms with Crippen molar-refractivity contribution in [2.45, 2.75) is 6.92 Å². The fourth-order valence-electron chi connectivity index (χ4n) is 2.03. The summed E-state index contributed by atoms with van der Waals surface area (Å²) in [4.78, 5) is 0. The molecule has 7 heteroatoms. The highest BCUT2D eigenvalue weighted by atomic mass is 35.5. The molecular weight excluding hydrogens is 293 g/mol. The van der Waals surface area contributed by atoms with E-state index in [9.17, 15) is 4.39 Å². The maximum atomic E-state index is 14.1. The van der Waals surface area contributed by atoms with E-state index in [1.807, 2.05) is 6.92 Å². The second kappa shape index (κ2) is 5.14. The summed E-state index contributed by atoms with van der Waals surface area (Å²) >= 11 is 6.00. The lowest BCUT2D eigenvalue weighted by atomic mass is 10.1. The Morgan fingerprint density at radius 1 is 1.24 bits per heavy atom. The summed E-state index contributed by atoms with van der Waals surface area (Å²) in [6, 6.07) is 9.95. The van der Waals surface area contributed by atoms with Gasteiger partial charge in [-0.15, -0.1) is 5.10 Å². The van der Waals surface area contributed by atoms with Crippen LogP contribution in [-0.4, -0.2) is 20.2 Å². The van der Waals surface area contributed by atoms with E-state index in [0.29, 0.717) is 22.1 Å². The number of anilines is 1. The van der Waals surface area contributed by atoms with Crippen LogP contribution < -0.4 is 5.73 Å². The standard InChI is InChI=1S/C14H11ClFN5/c1-8-5-6-12(11(16)7-8)21-14(18-19-20-21)9-3-2-4-10(15)13(9)17/h2-7H,17H2,1H3. The van der Waals surface area contributed by atoms with Crippen molar-refractivity contribution in [3.8, 4) is 17.1 Å². The van der Waals surface area contributed by atoms with E-state index in [1.165, 1.54) is 10.7 Å². The second-order valence-electron chi connectivity index (χ2n) is 4.57. The fraction of sp³-hybridized carbons (Fsp3) is 0.0714. The van der Waals surface area contributed by atoms with E-state index in [1.54, 1.807) is 30.3 Å². The molecule has 0 aliphatic heterocycles. The quantitative estimate of drug-likeness (QED) is 0.739. The number of tetrazole rings is 1. The van der Waals surface area contributed by atoms with Crippen molar-refractivity contribution >= 4 is 17.3 Å². The maximum absolute atomic E-state index is 14.1. The number of aryl methyl sites for hydroxylation is 1. The average Bonchev–Trinajstić information content (AvgIpc) is 2.91. The smallest absolute Gasteiger partial charge is 0.189 e. The lowest BCUT2D eigenvalue weighted by Crippen LogP contribution is -2.04. The first-order valence-corrected chi connectivity index (χ1v) is 6.55. The zero-order valence-electron chi connectivity index (χ0n) is 11.1. The van der Waals surface area contributed by atoms with Gasteiger partial charge in [-0.25, -0.2) is 4.39 Å². The highest BCUT2D eigenvalue weighted by Crippen LogP contribution is 2.31. The highest BCUT2D eigenvalue weighted by molar-refractivity contribution is 6.33. The minimum atomic E-state index is -0.413. The molecule has 3 rings (SSSR count). The molecule has 0 fully saturated rings. The molecule has 0 radical (unpaired) electrons. The number of nitrogens with two attached hydrogens (primary N) is 1. The molecule has 3 aromatic rings. The van der Waals surface area contributed by atoms with Crippen molar-refractivity contribution < 1.29 is 4.39 Å². The summed E-state index contributed by atoms with van der Waals surface area (Å²) in [5.41, 5.74) is 7.91. The predicted molar refractivity (Wildman–Crippen MR) is 78.7 cm³/mol. The van der Waals surface area contributed by atoms with Gasteiger partial charge in [0.15, 0.2) is 5.82 Å². The topological polar surface area (TPSA) is 69.6 Å². The van der Waals surface area contributed by atoms with Crippen LogP contribution in [-0.2, 0) is 0 Å². The molecule has 1 heterocycles. The van der Waals surface area contributed by atoms with E-state index in [4.69, 9.17) is 17.3 Å². The van der Waals surface area contributed by atoms with Crippen molar-refractivity contribution in [1.82, 2.24) is 20.2 Å². The first kappa shape index (κ1) is 13.5. The van der Waals surface area contributed by atoms with Crippen LogP contribution in [0.5, 0.6) is 0 Å². The SMILES string of the molecule is Cc1ccc(-n2nnnc2-c2cccc(Cl)c2N)c(F)c1. The van der Waals surface area contributed by atoms with Gasteiger partial charge in [0, 0.05) is 5.56 Å². The Hall–Kier alpha value is -2.47. The van der Waals surface area contributed by atoms with Crippen LogP contribution in [0.15, 0.2) is 36.4 Å². The van der Waals surface area contributed by atoms with Crippen LogP contribution in [0.4, 0.5) is 10.1 Å². The molecule has 21 heavy (non-hydrogen) atoms. The van der Waals surface area contributed by atoms with Crippen molar-refractivity contribution in [1.29, 1.82) is 0 Å². The molecule has 0 saturated carbocycles. The minimum absolute atomic E-state index is 0.250. The van der Waals surface area contributed by atoms with E-state index in [2.05, 4.69) is 15.5 Å². The number of nitrogens with zero attached hydrogens (tertiary/aromatic N) is 4. The number of hydrogen-bond donors (Lipinski definition) is 1.